The van der Waals surface area contributed by atoms with E-state index in [1.807, 2.05) is 0 Å². The van der Waals surface area contributed by atoms with E-state index in [1.165, 1.54) is 11.8 Å². The Bertz CT molecular complexity index is 289. The standard InChI is InChI=1S/C12H22OS2Si/c1-12(2,3)10-13-11(14)15-8-7-9-16(4,5)6/h8,10H2,1-6H3. The molecule has 0 saturated carbocycles. The van der Waals surface area contributed by atoms with Crippen LogP contribution in [0.3, 0.4) is 0 Å². The Balaban J connectivity index is 3.78. The van der Waals surface area contributed by atoms with Gasteiger partial charge in [0.15, 0.2) is 0 Å². The van der Waals surface area contributed by atoms with Gasteiger partial charge in [0.2, 0.25) is 4.38 Å². The van der Waals surface area contributed by atoms with Gasteiger partial charge in [0, 0.05) is 0 Å². The number of thiocarbonyl (C=S) groups is 1. The predicted molar refractivity (Wildman–Crippen MR) is 81.6 cm³/mol. The molecular weight excluding hydrogens is 252 g/mol. The van der Waals surface area contributed by atoms with E-state index in [0.29, 0.717) is 11.0 Å². The van der Waals surface area contributed by atoms with Crippen LogP contribution in [0, 0.1) is 16.9 Å². The van der Waals surface area contributed by atoms with E-state index in [1.54, 1.807) is 0 Å². The summed E-state index contributed by atoms with van der Waals surface area (Å²) in [6.07, 6.45) is 0. The van der Waals surface area contributed by atoms with Crippen LogP contribution in [0.25, 0.3) is 0 Å². The summed E-state index contributed by atoms with van der Waals surface area (Å²) in [4.78, 5) is 0. The van der Waals surface area contributed by atoms with Gasteiger partial charge < -0.3 is 4.74 Å². The van der Waals surface area contributed by atoms with Gasteiger partial charge in [0.25, 0.3) is 0 Å². The fourth-order valence-corrected chi connectivity index (χ4v) is 2.10. The topological polar surface area (TPSA) is 9.23 Å². The van der Waals surface area contributed by atoms with E-state index in [2.05, 4.69) is 51.9 Å². The van der Waals surface area contributed by atoms with Gasteiger partial charge in [-0.25, -0.2) is 0 Å². The number of thioether (sulfide) groups is 1. The largest absolute Gasteiger partial charge is 0.478 e. The summed E-state index contributed by atoms with van der Waals surface area (Å²) < 4.78 is 6.09. The summed E-state index contributed by atoms with van der Waals surface area (Å²) in [7, 11) is -1.24. The maximum atomic E-state index is 5.48. The lowest BCUT2D eigenvalue weighted by Crippen LogP contribution is -2.17. The molecule has 0 unspecified atom stereocenters. The molecule has 0 aromatic heterocycles. The van der Waals surface area contributed by atoms with Crippen molar-refractivity contribution >= 4 is 36.4 Å². The fraction of sp³-hybridized carbons (Fsp3) is 0.750. The molecule has 0 N–H and O–H groups in total. The fourth-order valence-electron chi connectivity index (χ4n) is 0.713. The Labute approximate surface area is 111 Å². The van der Waals surface area contributed by atoms with Crippen LogP contribution in [0.15, 0.2) is 0 Å². The molecule has 0 bridgehead atoms. The molecule has 0 fully saturated rings. The van der Waals surface area contributed by atoms with Crippen LogP contribution in [0.1, 0.15) is 20.8 Å². The normalized spacial score (nSPS) is 11.6. The molecule has 0 atom stereocenters. The van der Waals surface area contributed by atoms with Gasteiger partial charge in [-0.05, 0) is 17.6 Å². The molecule has 0 amide bonds. The lowest BCUT2D eigenvalue weighted by Gasteiger charge is -2.18. The predicted octanol–water partition coefficient (Wildman–Crippen LogP) is 3.95. The first-order valence-corrected chi connectivity index (χ1v) is 10.3. The second-order valence-electron chi connectivity index (χ2n) is 5.94. The smallest absolute Gasteiger partial charge is 0.220 e. The van der Waals surface area contributed by atoms with E-state index >= 15 is 0 Å². The van der Waals surface area contributed by atoms with Crippen molar-refractivity contribution in [3.05, 3.63) is 0 Å². The zero-order valence-corrected chi connectivity index (χ0v) is 13.8. The Kier molecular flexibility index (Phi) is 6.69. The molecule has 92 valence electrons. The van der Waals surface area contributed by atoms with E-state index in [4.69, 9.17) is 17.0 Å². The lowest BCUT2D eigenvalue weighted by molar-refractivity contribution is 0.197. The van der Waals surface area contributed by atoms with Gasteiger partial charge in [0.05, 0.1) is 12.4 Å². The van der Waals surface area contributed by atoms with E-state index in [0.717, 1.165) is 5.75 Å². The third-order valence-corrected chi connectivity index (χ3v) is 3.39. The zero-order chi connectivity index (χ0) is 12.8. The van der Waals surface area contributed by atoms with Gasteiger partial charge in [-0.1, -0.05) is 58.1 Å². The number of rotatable bonds is 2. The lowest BCUT2D eigenvalue weighted by atomic mass is 9.99. The number of hydrogen-bond donors (Lipinski definition) is 0. The molecule has 0 aliphatic heterocycles. The molecule has 0 aromatic carbocycles. The number of hydrogen-bond acceptors (Lipinski definition) is 3. The Morgan fingerprint density at radius 2 is 1.88 bits per heavy atom. The quantitative estimate of drug-likeness (QED) is 0.429. The van der Waals surface area contributed by atoms with Crippen molar-refractivity contribution in [3.8, 4) is 11.5 Å². The first kappa shape index (κ1) is 16.0. The van der Waals surface area contributed by atoms with Crippen molar-refractivity contribution in [2.24, 2.45) is 5.41 Å². The summed E-state index contributed by atoms with van der Waals surface area (Å²) in [6.45, 7) is 13.8. The molecule has 0 radical (unpaired) electrons. The Hall–Kier alpha value is 0.0169. The van der Waals surface area contributed by atoms with Gasteiger partial charge >= 0.3 is 0 Å². The molecule has 0 saturated heterocycles. The molecular formula is C12H22OS2Si. The van der Waals surface area contributed by atoms with Crippen molar-refractivity contribution < 1.29 is 4.74 Å². The maximum Gasteiger partial charge on any atom is 0.220 e. The first-order valence-electron chi connectivity index (χ1n) is 5.40. The van der Waals surface area contributed by atoms with Gasteiger partial charge in [-0.3, -0.25) is 0 Å². The first-order chi connectivity index (χ1) is 7.10. The van der Waals surface area contributed by atoms with Crippen LogP contribution in [-0.2, 0) is 4.74 Å². The summed E-state index contributed by atoms with van der Waals surface area (Å²) in [5.41, 5.74) is 3.46. The average molecular weight is 275 g/mol. The van der Waals surface area contributed by atoms with Crippen molar-refractivity contribution in [2.75, 3.05) is 12.4 Å². The summed E-state index contributed by atoms with van der Waals surface area (Å²) in [5, 5.41) is 0. The van der Waals surface area contributed by atoms with E-state index in [-0.39, 0.29) is 5.41 Å². The van der Waals surface area contributed by atoms with Gasteiger partial charge in [-0.2, -0.15) is 0 Å². The summed E-state index contributed by atoms with van der Waals surface area (Å²) in [6, 6.07) is 0. The van der Waals surface area contributed by atoms with Crippen molar-refractivity contribution in [2.45, 2.75) is 40.4 Å². The van der Waals surface area contributed by atoms with Crippen LogP contribution in [0.4, 0.5) is 0 Å². The molecule has 1 nitrogen and oxygen atoms in total. The van der Waals surface area contributed by atoms with Crippen LogP contribution in [0.5, 0.6) is 0 Å². The number of ether oxygens (including phenoxy) is 1. The van der Waals surface area contributed by atoms with E-state index < -0.39 is 8.07 Å². The molecule has 0 aliphatic rings. The summed E-state index contributed by atoms with van der Waals surface area (Å²) >= 11 is 6.63. The van der Waals surface area contributed by atoms with Gasteiger partial charge in [0.1, 0.15) is 8.07 Å². The molecule has 4 heteroatoms. The molecule has 0 aliphatic carbocycles. The molecule has 0 rings (SSSR count). The summed E-state index contributed by atoms with van der Waals surface area (Å²) in [5.74, 6) is 3.90. The highest BCUT2D eigenvalue weighted by molar-refractivity contribution is 8.22. The van der Waals surface area contributed by atoms with Crippen LogP contribution in [0.2, 0.25) is 19.6 Å². The van der Waals surface area contributed by atoms with Gasteiger partial charge in [-0.15, -0.1) is 5.54 Å². The van der Waals surface area contributed by atoms with Crippen molar-refractivity contribution in [3.63, 3.8) is 0 Å². The highest BCUT2D eigenvalue weighted by Crippen LogP contribution is 2.15. The highest BCUT2D eigenvalue weighted by atomic mass is 32.2. The maximum absolute atomic E-state index is 5.48. The second-order valence-corrected chi connectivity index (χ2v) is 12.3. The molecule has 0 heterocycles. The van der Waals surface area contributed by atoms with Crippen LogP contribution < -0.4 is 0 Å². The van der Waals surface area contributed by atoms with Crippen molar-refractivity contribution in [1.29, 1.82) is 0 Å². The highest BCUT2D eigenvalue weighted by Gasteiger charge is 2.12. The molecule has 0 aromatic rings. The third-order valence-electron chi connectivity index (χ3n) is 1.35. The molecule has 0 spiro atoms. The molecule has 16 heavy (non-hydrogen) atoms. The second kappa shape index (κ2) is 6.68. The van der Waals surface area contributed by atoms with Crippen molar-refractivity contribution in [1.82, 2.24) is 0 Å². The minimum atomic E-state index is -1.24. The minimum Gasteiger partial charge on any atom is -0.478 e. The SMILES string of the molecule is CC(C)(C)COC(=S)SCC#C[Si](C)(C)C. The monoisotopic (exact) mass is 274 g/mol. The zero-order valence-electron chi connectivity index (χ0n) is 11.1. The van der Waals surface area contributed by atoms with E-state index in [9.17, 15) is 0 Å². The van der Waals surface area contributed by atoms with Crippen LogP contribution in [-0.4, -0.2) is 24.8 Å². The Morgan fingerprint density at radius 3 is 2.31 bits per heavy atom. The Morgan fingerprint density at radius 1 is 1.31 bits per heavy atom. The average Bonchev–Trinajstić information content (AvgIpc) is 2.06. The minimum absolute atomic E-state index is 0.161. The van der Waals surface area contributed by atoms with Crippen LogP contribution >= 0.6 is 24.0 Å². The third kappa shape index (κ3) is 12.1.